The highest BCUT2D eigenvalue weighted by atomic mass is 35.5. The molecule has 0 fully saturated rings. The van der Waals surface area contributed by atoms with Gasteiger partial charge in [-0.25, -0.2) is 13.9 Å². The molecule has 2 aromatic rings. The molecule has 1 heterocycles. The lowest BCUT2D eigenvalue weighted by Crippen LogP contribution is -2.11. The maximum Gasteiger partial charge on any atom is 0.358 e. The van der Waals surface area contributed by atoms with Crippen molar-refractivity contribution in [2.24, 2.45) is 0 Å². The summed E-state index contributed by atoms with van der Waals surface area (Å²) in [7, 11) is 1.42. The Morgan fingerprint density at radius 1 is 1.55 bits per heavy atom. The summed E-state index contributed by atoms with van der Waals surface area (Å²) >= 11 is 5.70. The third-order valence-corrected chi connectivity index (χ3v) is 2.96. The summed E-state index contributed by atoms with van der Waals surface area (Å²) in [5, 5.41) is 16.3. The highest BCUT2D eigenvalue weighted by molar-refractivity contribution is 6.30. The van der Waals surface area contributed by atoms with Crippen LogP contribution in [0.25, 0.3) is 0 Å². The largest absolute Gasteiger partial charge is 0.476 e. The second kappa shape index (κ2) is 5.98. The van der Waals surface area contributed by atoms with Crippen molar-refractivity contribution in [2.75, 3.05) is 7.11 Å². The Hall–Kier alpha value is -1.99. The Labute approximate surface area is 118 Å². The van der Waals surface area contributed by atoms with E-state index in [2.05, 4.69) is 10.3 Å². The molecule has 8 heteroatoms. The number of benzene rings is 1. The third kappa shape index (κ3) is 2.78. The first-order valence-electron chi connectivity index (χ1n) is 5.62. The Morgan fingerprint density at radius 2 is 2.30 bits per heavy atom. The van der Waals surface area contributed by atoms with Gasteiger partial charge in [0, 0.05) is 12.7 Å². The number of aromatic carboxylic acids is 1. The van der Waals surface area contributed by atoms with Crippen LogP contribution in [0.2, 0.25) is 5.02 Å². The van der Waals surface area contributed by atoms with Gasteiger partial charge in [0.15, 0.2) is 5.69 Å². The molecular formula is C12H11ClFN3O3. The van der Waals surface area contributed by atoms with Crippen LogP contribution in [-0.4, -0.2) is 33.2 Å². The molecule has 0 aliphatic rings. The lowest BCUT2D eigenvalue weighted by Gasteiger charge is -2.08. The number of hydrogen-bond acceptors (Lipinski definition) is 4. The molecule has 0 amide bonds. The number of hydrogen-bond donors (Lipinski definition) is 1. The Balaban J connectivity index is 2.38. The Kier molecular flexibility index (Phi) is 4.31. The fraction of sp³-hybridized carbons (Fsp3) is 0.250. The zero-order valence-electron chi connectivity index (χ0n) is 10.5. The molecule has 1 aromatic heterocycles. The van der Waals surface area contributed by atoms with Crippen molar-refractivity contribution in [3.05, 3.63) is 46.0 Å². The second-order valence-corrected chi connectivity index (χ2v) is 4.40. The number of carboxylic acid groups (broad SMARTS) is 1. The molecule has 0 saturated heterocycles. The standard InChI is InChI=1S/C12H11ClFN3O3/c1-20-6-9-11(12(18)19)15-16-17(9)5-7-3-2-4-8(13)10(7)14/h2-4H,5-6H2,1H3,(H,18,19). The van der Waals surface area contributed by atoms with Crippen LogP contribution in [0.5, 0.6) is 0 Å². The first kappa shape index (κ1) is 14.4. The SMILES string of the molecule is COCc1c(C(=O)O)nnn1Cc1cccc(Cl)c1F. The molecule has 0 saturated carbocycles. The summed E-state index contributed by atoms with van der Waals surface area (Å²) < 4.78 is 20.0. The van der Waals surface area contributed by atoms with Crippen molar-refractivity contribution < 1.29 is 19.0 Å². The highest BCUT2D eigenvalue weighted by Gasteiger charge is 2.19. The molecule has 2 rings (SSSR count). The van der Waals surface area contributed by atoms with E-state index in [1.807, 2.05) is 0 Å². The van der Waals surface area contributed by atoms with Gasteiger partial charge in [0.05, 0.1) is 23.9 Å². The Bertz CT molecular complexity index is 645. The number of halogens is 2. The highest BCUT2D eigenvalue weighted by Crippen LogP contribution is 2.19. The van der Waals surface area contributed by atoms with E-state index < -0.39 is 11.8 Å². The predicted molar refractivity (Wildman–Crippen MR) is 68.2 cm³/mol. The number of ether oxygens (including phenoxy) is 1. The summed E-state index contributed by atoms with van der Waals surface area (Å²) in [5.41, 5.74) is 0.338. The molecule has 0 aliphatic carbocycles. The molecule has 0 radical (unpaired) electrons. The average molecular weight is 300 g/mol. The summed E-state index contributed by atoms with van der Waals surface area (Å²) in [5.74, 6) is -1.78. The van der Waals surface area contributed by atoms with Crippen molar-refractivity contribution in [1.29, 1.82) is 0 Å². The molecule has 0 unspecified atom stereocenters. The van der Waals surface area contributed by atoms with Crippen LogP contribution in [0.15, 0.2) is 18.2 Å². The van der Waals surface area contributed by atoms with E-state index in [0.29, 0.717) is 0 Å². The minimum Gasteiger partial charge on any atom is -0.476 e. The van der Waals surface area contributed by atoms with Gasteiger partial charge in [-0.2, -0.15) is 0 Å². The fourth-order valence-electron chi connectivity index (χ4n) is 1.74. The van der Waals surface area contributed by atoms with Gasteiger partial charge in [-0.05, 0) is 6.07 Å². The van der Waals surface area contributed by atoms with E-state index in [1.54, 1.807) is 12.1 Å². The monoisotopic (exact) mass is 299 g/mol. The van der Waals surface area contributed by atoms with Crippen LogP contribution in [0.4, 0.5) is 4.39 Å². The molecule has 0 spiro atoms. The zero-order chi connectivity index (χ0) is 14.7. The number of carboxylic acids is 1. The van der Waals surface area contributed by atoms with Gasteiger partial charge in [-0.1, -0.05) is 28.9 Å². The van der Waals surface area contributed by atoms with E-state index >= 15 is 0 Å². The summed E-state index contributed by atoms with van der Waals surface area (Å²) in [6.45, 7) is 0.0299. The quantitative estimate of drug-likeness (QED) is 0.913. The molecule has 6 nitrogen and oxygen atoms in total. The maximum absolute atomic E-state index is 13.8. The van der Waals surface area contributed by atoms with Gasteiger partial charge in [0.1, 0.15) is 5.82 Å². The van der Waals surface area contributed by atoms with E-state index in [1.165, 1.54) is 17.9 Å². The molecule has 1 N–H and O–H groups in total. The van der Waals surface area contributed by atoms with Crippen molar-refractivity contribution in [3.63, 3.8) is 0 Å². The van der Waals surface area contributed by atoms with Crippen molar-refractivity contribution in [1.82, 2.24) is 15.0 Å². The van der Waals surface area contributed by atoms with Gasteiger partial charge in [-0.3, -0.25) is 0 Å². The van der Waals surface area contributed by atoms with Crippen LogP contribution in [0.1, 0.15) is 21.7 Å². The number of methoxy groups -OCH3 is 1. The van der Waals surface area contributed by atoms with Gasteiger partial charge >= 0.3 is 5.97 Å². The van der Waals surface area contributed by atoms with E-state index in [-0.39, 0.29) is 35.1 Å². The van der Waals surface area contributed by atoms with Crippen molar-refractivity contribution in [3.8, 4) is 0 Å². The van der Waals surface area contributed by atoms with Crippen LogP contribution in [0.3, 0.4) is 0 Å². The topological polar surface area (TPSA) is 77.2 Å². The van der Waals surface area contributed by atoms with Gasteiger partial charge in [0.2, 0.25) is 0 Å². The van der Waals surface area contributed by atoms with Crippen LogP contribution in [-0.2, 0) is 17.9 Å². The van der Waals surface area contributed by atoms with E-state index in [4.69, 9.17) is 21.4 Å². The number of aromatic nitrogens is 3. The van der Waals surface area contributed by atoms with Crippen LogP contribution in [0, 0.1) is 5.82 Å². The summed E-state index contributed by atoms with van der Waals surface area (Å²) in [6, 6.07) is 4.58. The predicted octanol–water partition coefficient (Wildman–Crippen LogP) is 1.96. The molecule has 0 aliphatic heterocycles. The van der Waals surface area contributed by atoms with Crippen LogP contribution < -0.4 is 0 Å². The van der Waals surface area contributed by atoms with Crippen molar-refractivity contribution >= 4 is 17.6 Å². The summed E-state index contributed by atoms with van der Waals surface area (Å²) in [4.78, 5) is 11.0. The molecular weight excluding hydrogens is 289 g/mol. The first-order chi connectivity index (χ1) is 9.54. The van der Waals surface area contributed by atoms with Crippen molar-refractivity contribution in [2.45, 2.75) is 13.2 Å². The van der Waals surface area contributed by atoms with E-state index in [0.717, 1.165) is 0 Å². The van der Waals surface area contributed by atoms with Gasteiger partial charge in [0.25, 0.3) is 0 Å². The number of carbonyl (C=O) groups is 1. The van der Waals surface area contributed by atoms with E-state index in [9.17, 15) is 9.18 Å². The third-order valence-electron chi connectivity index (χ3n) is 2.67. The number of rotatable bonds is 5. The first-order valence-corrected chi connectivity index (χ1v) is 6.00. The Morgan fingerprint density at radius 3 is 2.95 bits per heavy atom. The molecule has 20 heavy (non-hydrogen) atoms. The number of nitrogens with zero attached hydrogens (tertiary/aromatic N) is 3. The molecule has 1 aromatic carbocycles. The van der Waals surface area contributed by atoms with Gasteiger partial charge < -0.3 is 9.84 Å². The smallest absolute Gasteiger partial charge is 0.358 e. The second-order valence-electron chi connectivity index (χ2n) is 3.99. The lowest BCUT2D eigenvalue weighted by molar-refractivity contribution is 0.0684. The van der Waals surface area contributed by atoms with Crippen LogP contribution >= 0.6 is 11.6 Å². The summed E-state index contributed by atoms with van der Waals surface area (Å²) in [6.07, 6.45) is 0. The normalized spacial score (nSPS) is 10.8. The minimum atomic E-state index is -1.21. The molecule has 106 valence electrons. The average Bonchev–Trinajstić information content (AvgIpc) is 2.79. The molecule has 0 atom stereocenters. The maximum atomic E-state index is 13.8. The zero-order valence-corrected chi connectivity index (χ0v) is 11.3. The lowest BCUT2D eigenvalue weighted by atomic mass is 10.2. The minimum absolute atomic E-state index is 0.00522. The molecule has 0 bridgehead atoms. The fourth-order valence-corrected chi connectivity index (χ4v) is 1.93. The van der Waals surface area contributed by atoms with Gasteiger partial charge in [-0.15, -0.1) is 5.10 Å².